The number of ether oxygens (including phenoxy) is 2. The van der Waals surface area contributed by atoms with E-state index in [9.17, 15) is 4.79 Å². The molecule has 0 saturated carbocycles. The van der Waals surface area contributed by atoms with Crippen LogP contribution in [0.3, 0.4) is 0 Å². The Bertz CT molecular complexity index is 855. The molecule has 1 N–H and O–H groups in total. The molecule has 128 valence electrons. The monoisotopic (exact) mass is 336 g/mol. The van der Waals surface area contributed by atoms with Gasteiger partial charge in [0, 0.05) is 12.0 Å². The summed E-state index contributed by atoms with van der Waals surface area (Å²) in [7, 11) is 3.21. The van der Waals surface area contributed by atoms with Crippen LogP contribution in [0.1, 0.15) is 16.7 Å². The topological polar surface area (TPSA) is 59.9 Å². The zero-order valence-corrected chi connectivity index (χ0v) is 14.5. The molecule has 0 aliphatic carbocycles. The van der Waals surface area contributed by atoms with Gasteiger partial charge in [0.2, 0.25) is 0 Å². The highest BCUT2D eigenvalue weighted by Gasteiger charge is 2.21. The lowest BCUT2D eigenvalue weighted by atomic mass is 10.1. The summed E-state index contributed by atoms with van der Waals surface area (Å²) in [6.45, 7) is 1.94. The Kier molecular flexibility index (Phi) is 4.84. The van der Waals surface area contributed by atoms with Crippen molar-refractivity contribution in [3.8, 4) is 11.5 Å². The minimum atomic E-state index is -0.215. The second-order valence-electron chi connectivity index (χ2n) is 5.77. The molecule has 2 aromatic rings. The zero-order valence-electron chi connectivity index (χ0n) is 14.5. The maximum absolute atomic E-state index is 12.2. The van der Waals surface area contributed by atoms with Crippen LogP contribution in [0.5, 0.6) is 11.5 Å². The lowest BCUT2D eigenvalue weighted by molar-refractivity contribution is -0.115. The van der Waals surface area contributed by atoms with Crippen LogP contribution in [-0.2, 0) is 11.2 Å². The standard InChI is InChI=1S/C20H20N2O3/c1-13-9-18(25-3)15(12-17(13)24-2)11-16-20(23)22-19(21-16)10-14-7-5-4-6-8-14/h4-9,11-12H,10H2,1-3H3,(H,21,22,23)/b16-11+. The first-order chi connectivity index (χ1) is 12.1. The van der Waals surface area contributed by atoms with E-state index in [-0.39, 0.29) is 5.91 Å². The van der Waals surface area contributed by atoms with Crippen LogP contribution in [0, 0.1) is 6.92 Å². The molecular weight excluding hydrogens is 316 g/mol. The van der Waals surface area contributed by atoms with Crippen molar-refractivity contribution in [2.75, 3.05) is 14.2 Å². The van der Waals surface area contributed by atoms with E-state index in [4.69, 9.17) is 9.47 Å². The predicted molar refractivity (Wildman–Crippen MR) is 98.0 cm³/mol. The molecule has 3 rings (SSSR count). The van der Waals surface area contributed by atoms with Gasteiger partial charge in [-0.2, -0.15) is 0 Å². The normalized spacial score (nSPS) is 15.1. The van der Waals surface area contributed by atoms with Crippen molar-refractivity contribution in [3.63, 3.8) is 0 Å². The summed E-state index contributed by atoms with van der Waals surface area (Å²) < 4.78 is 10.8. The fourth-order valence-electron chi connectivity index (χ4n) is 2.72. The van der Waals surface area contributed by atoms with Gasteiger partial charge in [0.25, 0.3) is 5.91 Å². The SMILES string of the molecule is COc1cc(/C=C2/N=C(Cc3ccccc3)NC2=O)c(OC)cc1C. The zero-order chi connectivity index (χ0) is 17.8. The lowest BCUT2D eigenvalue weighted by Crippen LogP contribution is -2.25. The first-order valence-corrected chi connectivity index (χ1v) is 7.98. The highest BCUT2D eigenvalue weighted by molar-refractivity contribution is 6.14. The number of rotatable bonds is 5. The second kappa shape index (κ2) is 7.21. The summed E-state index contributed by atoms with van der Waals surface area (Å²) in [4.78, 5) is 16.7. The van der Waals surface area contributed by atoms with Crippen molar-refractivity contribution in [1.29, 1.82) is 0 Å². The molecule has 5 heteroatoms. The van der Waals surface area contributed by atoms with Crippen molar-refractivity contribution < 1.29 is 14.3 Å². The second-order valence-corrected chi connectivity index (χ2v) is 5.77. The molecule has 1 aliphatic heterocycles. The molecule has 0 fully saturated rings. The molecule has 25 heavy (non-hydrogen) atoms. The largest absolute Gasteiger partial charge is 0.496 e. The van der Waals surface area contributed by atoms with E-state index in [1.165, 1.54) is 0 Å². The van der Waals surface area contributed by atoms with Gasteiger partial charge in [-0.25, -0.2) is 4.99 Å². The highest BCUT2D eigenvalue weighted by atomic mass is 16.5. The predicted octanol–water partition coefficient (Wildman–Crippen LogP) is 3.12. The fraction of sp³-hybridized carbons (Fsp3) is 0.200. The maximum Gasteiger partial charge on any atom is 0.275 e. The van der Waals surface area contributed by atoms with Gasteiger partial charge in [0.15, 0.2) is 0 Å². The van der Waals surface area contributed by atoms with Gasteiger partial charge in [-0.3, -0.25) is 4.79 Å². The minimum Gasteiger partial charge on any atom is -0.496 e. The van der Waals surface area contributed by atoms with E-state index in [0.29, 0.717) is 23.7 Å². The van der Waals surface area contributed by atoms with Gasteiger partial charge in [0.05, 0.1) is 14.2 Å². The molecule has 0 aromatic heterocycles. The van der Waals surface area contributed by atoms with E-state index >= 15 is 0 Å². The van der Waals surface area contributed by atoms with Gasteiger partial charge >= 0.3 is 0 Å². The van der Waals surface area contributed by atoms with Crippen molar-refractivity contribution in [3.05, 3.63) is 64.9 Å². The number of methoxy groups -OCH3 is 2. The molecule has 1 aliphatic rings. The number of amides is 1. The number of aryl methyl sites for hydroxylation is 1. The Morgan fingerprint density at radius 3 is 2.48 bits per heavy atom. The third-order valence-corrected chi connectivity index (χ3v) is 4.00. The minimum absolute atomic E-state index is 0.215. The third-order valence-electron chi connectivity index (χ3n) is 4.00. The molecule has 2 aromatic carbocycles. The first kappa shape index (κ1) is 16.8. The first-order valence-electron chi connectivity index (χ1n) is 7.98. The van der Waals surface area contributed by atoms with Crippen LogP contribution < -0.4 is 14.8 Å². The van der Waals surface area contributed by atoms with Crippen molar-refractivity contribution >= 4 is 17.8 Å². The number of hydrogen-bond donors (Lipinski definition) is 1. The number of nitrogens with one attached hydrogen (secondary N) is 1. The summed E-state index contributed by atoms with van der Waals surface area (Å²) in [5.41, 5.74) is 3.16. The molecular formula is C20H20N2O3. The molecule has 0 spiro atoms. The van der Waals surface area contributed by atoms with Gasteiger partial charge in [0.1, 0.15) is 23.0 Å². The molecule has 0 unspecified atom stereocenters. The number of carbonyl (C=O) groups excluding carboxylic acids is 1. The average molecular weight is 336 g/mol. The quantitative estimate of drug-likeness (QED) is 0.854. The molecule has 0 saturated heterocycles. The average Bonchev–Trinajstić information content (AvgIpc) is 2.96. The number of aliphatic imine (C=N–C) groups is 1. The molecule has 0 bridgehead atoms. The van der Waals surface area contributed by atoms with E-state index < -0.39 is 0 Å². The molecule has 1 heterocycles. The van der Waals surface area contributed by atoms with Gasteiger partial charge in [-0.1, -0.05) is 30.3 Å². The Labute approximate surface area is 147 Å². The van der Waals surface area contributed by atoms with Crippen LogP contribution in [0.15, 0.2) is 53.2 Å². The maximum atomic E-state index is 12.2. The van der Waals surface area contributed by atoms with E-state index in [0.717, 1.165) is 22.4 Å². The molecule has 1 amide bonds. The van der Waals surface area contributed by atoms with E-state index in [1.54, 1.807) is 20.3 Å². The van der Waals surface area contributed by atoms with Crippen molar-refractivity contribution in [2.45, 2.75) is 13.3 Å². The summed E-state index contributed by atoms with van der Waals surface area (Å²) in [6, 6.07) is 13.6. The summed E-state index contributed by atoms with van der Waals surface area (Å²) in [6.07, 6.45) is 2.30. The summed E-state index contributed by atoms with van der Waals surface area (Å²) >= 11 is 0. The number of carbonyl (C=O) groups is 1. The van der Waals surface area contributed by atoms with Crippen molar-refractivity contribution in [1.82, 2.24) is 5.32 Å². The molecule has 5 nitrogen and oxygen atoms in total. The van der Waals surface area contributed by atoms with Crippen LogP contribution in [0.25, 0.3) is 6.08 Å². The number of amidine groups is 1. The Morgan fingerprint density at radius 1 is 1.08 bits per heavy atom. The van der Waals surface area contributed by atoms with Crippen LogP contribution in [-0.4, -0.2) is 26.0 Å². The fourth-order valence-corrected chi connectivity index (χ4v) is 2.72. The summed E-state index contributed by atoms with van der Waals surface area (Å²) in [5.74, 6) is 1.83. The van der Waals surface area contributed by atoms with E-state index in [1.807, 2.05) is 49.4 Å². The molecule has 0 radical (unpaired) electrons. The Morgan fingerprint density at radius 2 is 1.80 bits per heavy atom. The molecule has 0 atom stereocenters. The van der Waals surface area contributed by atoms with Crippen molar-refractivity contribution in [2.24, 2.45) is 4.99 Å². The van der Waals surface area contributed by atoms with E-state index in [2.05, 4.69) is 10.3 Å². The number of benzene rings is 2. The van der Waals surface area contributed by atoms with Crippen LogP contribution >= 0.6 is 0 Å². The van der Waals surface area contributed by atoms with Crippen LogP contribution in [0.4, 0.5) is 0 Å². The lowest BCUT2D eigenvalue weighted by Gasteiger charge is -2.10. The van der Waals surface area contributed by atoms with Gasteiger partial charge < -0.3 is 14.8 Å². The number of nitrogens with zero attached hydrogens (tertiary/aromatic N) is 1. The van der Waals surface area contributed by atoms with Gasteiger partial charge in [-0.05, 0) is 36.3 Å². The smallest absolute Gasteiger partial charge is 0.275 e. The Balaban J connectivity index is 1.91. The third kappa shape index (κ3) is 3.71. The summed E-state index contributed by atoms with van der Waals surface area (Å²) in [5, 5.41) is 2.82. The highest BCUT2D eigenvalue weighted by Crippen LogP contribution is 2.30. The van der Waals surface area contributed by atoms with Crippen LogP contribution in [0.2, 0.25) is 0 Å². The number of hydrogen-bond acceptors (Lipinski definition) is 4. The Hall–Kier alpha value is -3.08. The van der Waals surface area contributed by atoms with Gasteiger partial charge in [-0.15, -0.1) is 0 Å².